The van der Waals surface area contributed by atoms with E-state index in [1.54, 1.807) is 23.9 Å². The lowest BCUT2D eigenvalue weighted by molar-refractivity contribution is -0.383. The molecule has 2 heterocycles. The second kappa shape index (κ2) is 5.68. The van der Waals surface area contributed by atoms with Crippen molar-refractivity contribution in [2.24, 2.45) is 0 Å². The summed E-state index contributed by atoms with van der Waals surface area (Å²) in [4.78, 5) is 33.7. The monoisotopic (exact) mass is 280 g/mol. The Hall–Kier alpha value is -2.45. The Bertz CT molecular complexity index is 535. The van der Waals surface area contributed by atoms with Gasteiger partial charge in [-0.25, -0.2) is 9.97 Å². The van der Waals surface area contributed by atoms with Crippen LogP contribution in [0.2, 0.25) is 0 Å². The van der Waals surface area contributed by atoms with Gasteiger partial charge in [0.15, 0.2) is 0 Å². The van der Waals surface area contributed by atoms with Gasteiger partial charge in [0.1, 0.15) is 6.33 Å². The van der Waals surface area contributed by atoms with Crippen LogP contribution in [0.25, 0.3) is 0 Å². The molecule has 0 spiro atoms. The predicted molar refractivity (Wildman–Crippen MR) is 72.7 cm³/mol. The van der Waals surface area contributed by atoms with E-state index in [-0.39, 0.29) is 29.8 Å². The van der Waals surface area contributed by atoms with E-state index >= 15 is 0 Å². The molecule has 1 saturated heterocycles. The molecule has 0 aliphatic carbocycles. The van der Waals surface area contributed by atoms with Gasteiger partial charge in [0.2, 0.25) is 17.5 Å². The maximum atomic E-state index is 11.9. The number of carbonyl (C=O) groups is 1. The molecule has 0 radical (unpaired) electrons. The Morgan fingerprint density at radius 1 is 1.40 bits per heavy atom. The number of nitrogens with zero attached hydrogens (tertiary/aromatic N) is 5. The summed E-state index contributed by atoms with van der Waals surface area (Å²) in [7, 11) is 3.28. The lowest BCUT2D eigenvalue weighted by atomic mass is 10.3. The van der Waals surface area contributed by atoms with Gasteiger partial charge in [-0.3, -0.25) is 14.9 Å². The number of nitro groups is 1. The van der Waals surface area contributed by atoms with Crippen LogP contribution in [0.4, 0.5) is 17.3 Å². The molecule has 1 N–H and O–H groups in total. The van der Waals surface area contributed by atoms with Gasteiger partial charge in [-0.05, 0) is 6.42 Å². The van der Waals surface area contributed by atoms with Crippen LogP contribution >= 0.6 is 0 Å². The molecule has 1 fully saturated rings. The molecule has 0 atom stereocenters. The Morgan fingerprint density at radius 2 is 2.15 bits per heavy atom. The SMILES string of the molecule is CNc1ncnc(N2CCCN(C)C(=O)C2)c1[N+](=O)[O-]. The van der Waals surface area contributed by atoms with Crippen LogP contribution in [-0.2, 0) is 4.79 Å². The number of amides is 1. The van der Waals surface area contributed by atoms with Gasteiger partial charge in [-0.15, -0.1) is 0 Å². The average molecular weight is 280 g/mol. The van der Waals surface area contributed by atoms with Crippen LogP contribution in [-0.4, -0.2) is 59.4 Å². The van der Waals surface area contributed by atoms with E-state index in [4.69, 9.17) is 0 Å². The first-order valence-corrected chi connectivity index (χ1v) is 6.20. The first kappa shape index (κ1) is 14.0. The third kappa shape index (κ3) is 2.60. The Morgan fingerprint density at radius 3 is 2.80 bits per heavy atom. The average Bonchev–Trinajstić information content (AvgIpc) is 2.60. The Labute approximate surface area is 115 Å². The zero-order valence-electron chi connectivity index (χ0n) is 11.4. The quantitative estimate of drug-likeness (QED) is 0.618. The summed E-state index contributed by atoms with van der Waals surface area (Å²) in [6.45, 7) is 1.25. The molecule has 20 heavy (non-hydrogen) atoms. The summed E-state index contributed by atoms with van der Waals surface area (Å²) >= 11 is 0. The fourth-order valence-corrected chi connectivity index (χ4v) is 2.12. The minimum Gasteiger partial charge on any atom is -0.367 e. The van der Waals surface area contributed by atoms with E-state index in [0.717, 1.165) is 6.42 Å². The topological polar surface area (TPSA) is 104 Å². The molecule has 1 aliphatic rings. The second-order valence-electron chi connectivity index (χ2n) is 4.49. The van der Waals surface area contributed by atoms with E-state index in [0.29, 0.717) is 13.1 Å². The van der Waals surface area contributed by atoms with E-state index in [2.05, 4.69) is 15.3 Å². The first-order chi connectivity index (χ1) is 9.54. The third-order valence-corrected chi connectivity index (χ3v) is 3.20. The van der Waals surface area contributed by atoms with Crippen molar-refractivity contribution < 1.29 is 9.72 Å². The van der Waals surface area contributed by atoms with Gasteiger partial charge in [0.05, 0.1) is 11.5 Å². The standard InChI is InChI=1S/C11H16N6O3/c1-12-10-9(17(19)20)11(14-7-13-10)16-5-3-4-15(2)8(18)6-16/h7H,3-6H2,1-2H3,(H,12,13,14). The molecule has 1 aromatic rings. The van der Waals surface area contributed by atoms with Crippen LogP contribution < -0.4 is 10.2 Å². The lowest BCUT2D eigenvalue weighted by Gasteiger charge is -2.20. The van der Waals surface area contributed by atoms with Crippen LogP contribution in [0.3, 0.4) is 0 Å². The van der Waals surface area contributed by atoms with Crippen LogP contribution in [0.1, 0.15) is 6.42 Å². The normalized spacial score (nSPS) is 16.0. The largest absolute Gasteiger partial charge is 0.367 e. The van der Waals surface area contributed by atoms with Crippen LogP contribution in [0.5, 0.6) is 0 Å². The highest BCUT2D eigenvalue weighted by atomic mass is 16.6. The van der Waals surface area contributed by atoms with E-state index in [1.807, 2.05) is 0 Å². The summed E-state index contributed by atoms with van der Waals surface area (Å²) < 4.78 is 0. The van der Waals surface area contributed by atoms with Gasteiger partial charge in [-0.2, -0.15) is 0 Å². The molecule has 0 aromatic carbocycles. The fourth-order valence-electron chi connectivity index (χ4n) is 2.12. The number of hydrogen-bond donors (Lipinski definition) is 1. The number of anilines is 2. The van der Waals surface area contributed by atoms with E-state index < -0.39 is 4.92 Å². The second-order valence-corrected chi connectivity index (χ2v) is 4.49. The molecule has 9 nitrogen and oxygen atoms in total. The van der Waals surface area contributed by atoms with Gasteiger partial charge in [0, 0.05) is 27.2 Å². The van der Waals surface area contributed by atoms with Gasteiger partial charge in [0.25, 0.3) is 0 Å². The predicted octanol–water partition coefficient (Wildman–Crippen LogP) is 0.0950. The summed E-state index contributed by atoms with van der Waals surface area (Å²) in [5.41, 5.74) is -0.202. The minimum absolute atomic E-state index is 0.0809. The number of likely N-dealkylation sites (N-methyl/N-ethyl adjacent to an activating group) is 1. The molecule has 9 heteroatoms. The van der Waals surface area contributed by atoms with Gasteiger partial charge >= 0.3 is 5.69 Å². The lowest BCUT2D eigenvalue weighted by Crippen LogP contribution is -2.35. The molecule has 0 saturated carbocycles. The molecule has 1 amide bonds. The van der Waals surface area contributed by atoms with E-state index in [9.17, 15) is 14.9 Å². The highest BCUT2D eigenvalue weighted by Gasteiger charge is 2.29. The van der Waals surface area contributed by atoms with Crippen molar-refractivity contribution in [3.63, 3.8) is 0 Å². The zero-order chi connectivity index (χ0) is 14.7. The summed E-state index contributed by atoms with van der Waals surface area (Å²) in [6.07, 6.45) is 1.99. The molecule has 0 unspecified atom stereocenters. The molecule has 1 aromatic heterocycles. The molecule has 0 bridgehead atoms. The Kier molecular flexibility index (Phi) is 3.97. The summed E-state index contributed by atoms with van der Waals surface area (Å²) in [5.74, 6) is 0.240. The molecule has 1 aliphatic heterocycles. The van der Waals surface area contributed by atoms with Crippen molar-refractivity contribution >= 4 is 23.2 Å². The first-order valence-electron chi connectivity index (χ1n) is 6.20. The molecular weight excluding hydrogens is 264 g/mol. The van der Waals surface area contributed by atoms with E-state index in [1.165, 1.54) is 6.33 Å². The highest BCUT2D eigenvalue weighted by molar-refractivity contribution is 5.83. The minimum atomic E-state index is -0.528. The summed E-state index contributed by atoms with van der Waals surface area (Å²) in [5, 5.41) is 13.9. The number of hydrogen-bond acceptors (Lipinski definition) is 7. The summed E-state index contributed by atoms with van der Waals surface area (Å²) in [6, 6.07) is 0. The molecular formula is C11H16N6O3. The van der Waals surface area contributed by atoms with Gasteiger partial charge in [-0.1, -0.05) is 0 Å². The zero-order valence-corrected chi connectivity index (χ0v) is 11.4. The Balaban J connectivity index is 2.41. The van der Waals surface area contributed by atoms with Crippen molar-refractivity contribution in [2.75, 3.05) is 43.9 Å². The number of nitrogens with one attached hydrogen (secondary N) is 1. The highest BCUT2D eigenvalue weighted by Crippen LogP contribution is 2.31. The van der Waals surface area contributed by atoms with Gasteiger partial charge < -0.3 is 15.1 Å². The maximum Gasteiger partial charge on any atom is 0.353 e. The van der Waals surface area contributed by atoms with Crippen LogP contribution in [0, 0.1) is 10.1 Å². The van der Waals surface area contributed by atoms with Crippen molar-refractivity contribution in [3.05, 3.63) is 16.4 Å². The maximum absolute atomic E-state index is 11.9. The fraction of sp³-hybridized carbons (Fsp3) is 0.545. The number of aromatic nitrogens is 2. The number of rotatable bonds is 3. The van der Waals surface area contributed by atoms with Crippen molar-refractivity contribution in [2.45, 2.75) is 6.42 Å². The van der Waals surface area contributed by atoms with Crippen LogP contribution in [0.15, 0.2) is 6.33 Å². The van der Waals surface area contributed by atoms with Crippen molar-refractivity contribution in [1.29, 1.82) is 0 Å². The van der Waals surface area contributed by atoms with Crippen molar-refractivity contribution in [1.82, 2.24) is 14.9 Å². The number of carbonyl (C=O) groups excluding carboxylic acids is 1. The van der Waals surface area contributed by atoms with Crippen molar-refractivity contribution in [3.8, 4) is 0 Å². The molecule has 2 rings (SSSR count). The smallest absolute Gasteiger partial charge is 0.353 e. The third-order valence-electron chi connectivity index (χ3n) is 3.20. The molecule has 108 valence electrons.